The van der Waals surface area contributed by atoms with E-state index in [9.17, 15) is 4.79 Å². The minimum Gasteiger partial charge on any atom is -0.461 e. The zero-order chi connectivity index (χ0) is 16.8. The zero-order valence-electron chi connectivity index (χ0n) is 13.5. The highest BCUT2D eigenvalue weighted by molar-refractivity contribution is 5.76. The van der Waals surface area contributed by atoms with Crippen LogP contribution in [0.25, 0.3) is 11.6 Å². The quantitative estimate of drug-likeness (QED) is 0.722. The second-order valence-electron chi connectivity index (χ2n) is 5.58. The van der Waals surface area contributed by atoms with Gasteiger partial charge in [-0.3, -0.25) is 4.79 Å². The Labute approximate surface area is 139 Å². The maximum Gasteiger partial charge on any atom is 0.238 e. The normalized spacial score (nSPS) is 10.7. The molecule has 2 heterocycles. The summed E-state index contributed by atoms with van der Waals surface area (Å²) in [5, 5.41) is 6.74. The van der Waals surface area contributed by atoms with Crippen LogP contribution in [0.1, 0.15) is 23.4 Å². The van der Waals surface area contributed by atoms with E-state index in [1.807, 2.05) is 6.07 Å². The van der Waals surface area contributed by atoms with Crippen molar-refractivity contribution in [1.82, 2.24) is 15.5 Å². The van der Waals surface area contributed by atoms with Crippen LogP contribution in [-0.2, 0) is 17.6 Å². The van der Waals surface area contributed by atoms with Gasteiger partial charge in [-0.05, 0) is 31.0 Å². The highest BCUT2D eigenvalue weighted by Crippen LogP contribution is 2.16. The molecule has 0 radical (unpaired) electrons. The third-order valence-corrected chi connectivity index (χ3v) is 3.59. The summed E-state index contributed by atoms with van der Waals surface area (Å²) in [6.07, 6.45) is 3.08. The Balaban J connectivity index is 1.41. The molecular weight excluding hydrogens is 306 g/mol. The van der Waals surface area contributed by atoms with Crippen LogP contribution in [0.3, 0.4) is 0 Å². The predicted molar refractivity (Wildman–Crippen MR) is 88.2 cm³/mol. The Morgan fingerprint density at radius 1 is 1.21 bits per heavy atom. The molecule has 3 aromatic rings. The lowest BCUT2D eigenvalue weighted by atomic mass is 10.1. The molecule has 6 nitrogen and oxygen atoms in total. The molecule has 3 rings (SSSR count). The summed E-state index contributed by atoms with van der Waals surface area (Å²) in [6, 6.07) is 11.8. The lowest BCUT2D eigenvalue weighted by Gasteiger charge is -2.05. The molecule has 0 bridgehead atoms. The molecule has 0 unspecified atom stereocenters. The van der Waals surface area contributed by atoms with E-state index in [4.69, 9.17) is 8.94 Å². The number of rotatable bonds is 7. The van der Waals surface area contributed by atoms with Crippen LogP contribution in [-0.4, -0.2) is 22.6 Å². The van der Waals surface area contributed by atoms with Gasteiger partial charge in [0.2, 0.25) is 17.6 Å². The maximum absolute atomic E-state index is 11.9. The summed E-state index contributed by atoms with van der Waals surface area (Å²) in [6.45, 7) is 2.67. The first kappa shape index (κ1) is 16.0. The Morgan fingerprint density at radius 2 is 2.12 bits per heavy atom. The summed E-state index contributed by atoms with van der Waals surface area (Å²) >= 11 is 0. The Morgan fingerprint density at radius 3 is 2.92 bits per heavy atom. The number of hydrogen-bond acceptors (Lipinski definition) is 5. The van der Waals surface area contributed by atoms with Crippen LogP contribution in [0, 0.1) is 6.92 Å². The molecule has 0 aliphatic carbocycles. The largest absolute Gasteiger partial charge is 0.461 e. The van der Waals surface area contributed by atoms with Crippen LogP contribution in [0.5, 0.6) is 0 Å². The van der Waals surface area contributed by atoms with Crippen molar-refractivity contribution in [3.63, 3.8) is 0 Å². The number of hydrogen-bond donors (Lipinski definition) is 1. The number of nitrogens with zero attached hydrogens (tertiary/aromatic N) is 2. The Hall–Kier alpha value is -2.89. The van der Waals surface area contributed by atoms with Gasteiger partial charge in [0.15, 0.2) is 5.76 Å². The van der Waals surface area contributed by atoms with Crippen LogP contribution in [0.15, 0.2) is 51.6 Å². The molecule has 0 aliphatic heterocycles. The van der Waals surface area contributed by atoms with E-state index in [-0.39, 0.29) is 5.91 Å². The maximum atomic E-state index is 11.9. The van der Waals surface area contributed by atoms with Gasteiger partial charge in [-0.1, -0.05) is 35.0 Å². The van der Waals surface area contributed by atoms with Gasteiger partial charge in [0.05, 0.1) is 6.26 Å². The second kappa shape index (κ2) is 7.59. The first-order chi connectivity index (χ1) is 11.7. The summed E-state index contributed by atoms with van der Waals surface area (Å²) in [7, 11) is 0. The molecule has 0 saturated heterocycles. The van der Waals surface area contributed by atoms with E-state index in [1.165, 1.54) is 11.1 Å². The van der Waals surface area contributed by atoms with E-state index < -0.39 is 0 Å². The first-order valence-electron chi connectivity index (χ1n) is 7.89. The molecule has 1 aromatic carbocycles. The van der Waals surface area contributed by atoms with Crippen molar-refractivity contribution in [2.75, 3.05) is 6.54 Å². The van der Waals surface area contributed by atoms with Crippen LogP contribution >= 0.6 is 0 Å². The number of nitrogens with one attached hydrogen (secondary N) is 1. The number of benzene rings is 1. The smallest absolute Gasteiger partial charge is 0.238 e. The molecule has 0 fully saturated rings. The topological polar surface area (TPSA) is 81.2 Å². The van der Waals surface area contributed by atoms with Crippen molar-refractivity contribution in [2.24, 2.45) is 0 Å². The average Bonchev–Trinajstić information content (AvgIpc) is 3.24. The highest BCUT2D eigenvalue weighted by Gasteiger charge is 2.12. The predicted octanol–water partition coefficient (Wildman–Crippen LogP) is 2.93. The fraction of sp³-hybridized carbons (Fsp3) is 0.278. The molecule has 1 amide bonds. The third-order valence-electron chi connectivity index (χ3n) is 3.59. The fourth-order valence-corrected chi connectivity index (χ4v) is 2.39. The SMILES string of the molecule is Cc1cccc(CCNC(=O)CCc2nc(-c3ccco3)no2)c1. The van der Waals surface area contributed by atoms with E-state index in [2.05, 4.69) is 40.6 Å². The summed E-state index contributed by atoms with van der Waals surface area (Å²) in [5.41, 5.74) is 2.44. The van der Waals surface area contributed by atoms with Crippen molar-refractivity contribution < 1.29 is 13.7 Å². The summed E-state index contributed by atoms with van der Waals surface area (Å²) < 4.78 is 10.3. The van der Waals surface area contributed by atoms with Crippen molar-refractivity contribution in [3.05, 3.63) is 59.7 Å². The number of amides is 1. The van der Waals surface area contributed by atoms with Gasteiger partial charge >= 0.3 is 0 Å². The van der Waals surface area contributed by atoms with Crippen molar-refractivity contribution in [2.45, 2.75) is 26.2 Å². The minimum atomic E-state index is -0.0274. The molecule has 2 aromatic heterocycles. The lowest BCUT2D eigenvalue weighted by Crippen LogP contribution is -2.25. The molecule has 0 atom stereocenters. The standard InChI is InChI=1S/C18H19N3O3/c1-13-4-2-5-14(12-13)9-10-19-16(22)7-8-17-20-18(21-24-17)15-6-3-11-23-15/h2-6,11-12H,7-10H2,1H3,(H,19,22). The molecule has 24 heavy (non-hydrogen) atoms. The highest BCUT2D eigenvalue weighted by atomic mass is 16.5. The molecule has 0 spiro atoms. The van der Waals surface area contributed by atoms with Crippen molar-refractivity contribution in [3.8, 4) is 11.6 Å². The third kappa shape index (κ3) is 4.32. The summed E-state index contributed by atoms with van der Waals surface area (Å²) in [4.78, 5) is 16.1. The van der Waals surface area contributed by atoms with Crippen LogP contribution in [0.2, 0.25) is 0 Å². The van der Waals surface area contributed by atoms with E-state index in [0.29, 0.717) is 36.9 Å². The molecule has 6 heteroatoms. The van der Waals surface area contributed by atoms with Gasteiger partial charge in [0.25, 0.3) is 0 Å². The van der Waals surface area contributed by atoms with E-state index >= 15 is 0 Å². The van der Waals surface area contributed by atoms with Crippen molar-refractivity contribution >= 4 is 5.91 Å². The lowest BCUT2D eigenvalue weighted by molar-refractivity contribution is -0.121. The van der Waals surface area contributed by atoms with Crippen molar-refractivity contribution in [1.29, 1.82) is 0 Å². The van der Waals surface area contributed by atoms with Crippen LogP contribution in [0.4, 0.5) is 0 Å². The second-order valence-corrected chi connectivity index (χ2v) is 5.58. The molecule has 0 aliphatic rings. The molecule has 1 N–H and O–H groups in total. The number of carbonyl (C=O) groups is 1. The Bertz CT molecular complexity index is 793. The van der Waals surface area contributed by atoms with Gasteiger partial charge in [-0.15, -0.1) is 0 Å². The molecular formula is C18H19N3O3. The summed E-state index contributed by atoms with van der Waals surface area (Å²) in [5.74, 6) is 1.35. The molecule has 0 saturated carbocycles. The molecule has 124 valence electrons. The number of aromatic nitrogens is 2. The fourth-order valence-electron chi connectivity index (χ4n) is 2.39. The van der Waals surface area contributed by atoms with Gasteiger partial charge in [0.1, 0.15) is 0 Å². The van der Waals surface area contributed by atoms with Gasteiger partial charge in [0, 0.05) is 19.4 Å². The average molecular weight is 325 g/mol. The minimum absolute atomic E-state index is 0.0274. The van der Waals surface area contributed by atoms with E-state index in [1.54, 1.807) is 18.4 Å². The van der Waals surface area contributed by atoms with E-state index in [0.717, 1.165) is 6.42 Å². The number of carbonyl (C=O) groups excluding carboxylic acids is 1. The number of furan rings is 1. The van der Waals surface area contributed by atoms with Crippen LogP contribution < -0.4 is 5.32 Å². The monoisotopic (exact) mass is 325 g/mol. The Kier molecular flexibility index (Phi) is 5.05. The van der Waals surface area contributed by atoms with Gasteiger partial charge < -0.3 is 14.3 Å². The first-order valence-corrected chi connectivity index (χ1v) is 7.89. The van der Waals surface area contributed by atoms with Gasteiger partial charge in [-0.2, -0.15) is 4.98 Å². The zero-order valence-corrected chi connectivity index (χ0v) is 13.5. The van der Waals surface area contributed by atoms with Gasteiger partial charge in [-0.25, -0.2) is 0 Å². The number of aryl methyl sites for hydroxylation is 2.